The van der Waals surface area contributed by atoms with E-state index in [1.165, 1.54) is 0 Å². The number of carbonyl (C=O) groups excluding carboxylic acids is 2. The molecule has 0 aliphatic rings. The van der Waals surface area contributed by atoms with E-state index in [1.54, 1.807) is 6.92 Å². The molecule has 0 aliphatic carbocycles. The third kappa shape index (κ3) is 3.23. The molecule has 1 unspecified atom stereocenters. The molecule has 4 N–H and O–H groups in total. The zero-order valence-electron chi connectivity index (χ0n) is 7.24. The van der Waals surface area contributed by atoms with Crippen molar-refractivity contribution in [2.45, 2.75) is 26.4 Å². The average molecular weight is 174 g/mol. The predicted octanol–water partition coefficient (Wildman–Crippen LogP) is -0.0183. The smallest absolute Gasteiger partial charge is 0.405 e. The summed E-state index contributed by atoms with van der Waals surface area (Å²) in [5, 5.41) is 0. The van der Waals surface area contributed by atoms with Crippen molar-refractivity contribution < 1.29 is 14.3 Å². The van der Waals surface area contributed by atoms with Crippen LogP contribution in [-0.2, 0) is 9.53 Å². The van der Waals surface area contributed by atoms with E-state index in [4.69, 9.17) is 11.5 Å². The zero-order chi connectivity index (χ0) is 9.72. The summed E-state index contributed by atoms with van der Waals surface area (Å²) in [6.45, 7) is 3.63. The maximum absolute atomic E-state index is 10.7. The van der Waals surface area contributed by atoms with Crippen LogP contribution in [0.5, 0.6) is 0 Å². The van der Waals surface area contributed by atoms with Gasteiger partial charge in [-0.15, -0.1) is 0 Å². The summed E-state index contributed by atoms with van der Waals surface area (Å²) in [7, 11) is 0. The Balaban J connectivity index is 4.22. The van der Waals surface area contributed by atoms with Crippen LogP contribution in [0.3, 0.4) is 0 Å². The molecule has 0 bridgehead atoms. The van der Waals surface area contributed by atoms with Crippen LogP contribution < -0.4 is 11.5 Å². The van der Waals surface area contributed by atoms with Crippen molar-refractivity contribution in [2.75, 3.05) is 0 Å². The molecule has 0 rings (SSSR count). The third-order valence-corrected chi connectivity index (χ3v) is 1.68. The monoisotopic (exact) mass is 174 g/mol. The van der Waals surface area contributed by atoms with Crippen molar-refractivity contribution >= 4 is 12.0 Å². The molecule has 0 aromatic heterocycles. The van der Waals surface area contributed by atoms with Crippen molar-refractivity contribution in [3.63, 3.8) is 0 Å². The van der Waals surface area contributed by atoms with Crippen LogP contribution in [0.25, 0.3) is 0 Å². The van der Waals surface area contributed by atoms with Gasteiger partial charge in [-0.2, -0.15) is 0 Å². The quantitative estimate of drug-likeness (QED) is 0.627. The lowest BCUT2D eigenvalue weighted by Crippen LogP contribution is -2.39. The Morgan fingerprint density at radius 2 is 1.92 bits per heavy atom. The van der Waals surface area contributed by atoms with Gasteiger partial charge in [0.25, 0.3) is 5.91 Å². The number of amides is 2. The highest BCUT2D eigenvalue weighted by Gasteiger charge is 2.24. The zero-order valence-corrected chi connectivity index (χ0v) is 7.24. The lowest BCUT2D eigenvalue weighted by atomic mass is 10.0. The highest BCUT2D eigenvalue weighted by Crippen LogP contribution is 2.10. The summed E-state index contributed by atoms with van der Waals surface area (Å²) in [5.41, 5.74) is 9.74. The molecule has 0 spiro atoms. The number of ether oxygens (including phenoxy) is 1. The Morgan fingerprint density at radius 3 is 2.17 bits per heavy atom. The molecule has 0 heterocycles. The number of rotatable bonds is 4. The van der Waals surface area contributed by atoms with Gasteiger partial charge in [-0.25, -0.2) is 4.79 Å². The molecular formula is C7H14N2O3. The minimum atomic E-state index is -0.973. The van der Waals surface area contributed by atoms with Crippen molar-refractivity contribution in [3.8, 4) is 0 Å². The van der Waals surface area contributed by atoms with Gasteiger partial charge < -0.3 is 16.2 Å². The molecule has 12 heavy (non-hydrogen) atoms. The van der Waals surface area contributed by atoms with E-state index in [1.807, 2.05) is 6.92 Å². The SMILES string of the molecule is CC[C@H](C)C(OC(N)=O)C(N)=O. The topological polar surface area (TPSA) is 95.4 Å². The molecule has 0 fully saturated rings. The fraction of sp³-hybridized carbons (Fsp3) is 0.714. The summed E-state index contributed by atoms with van der Waals surface area (Å²) in [4.78, 5) is 21.1. The Labute approximate surface area is 71.0 Å². The van der Waals surface area contributed by atoms with Gasteiger partial charge in [0.1, 0.15) is 0 Å². The van der Waals surface area contributed by atoms with E-state index < -0.39 is 18.1 Å². The number of hydrogen-bond donors (Lipinski definition) is 2. The fourth-order valence-corrected chi connectivity index (χ4v) is 0.794. The van der Waals surface area contributed by atoms with Gasteiger partial charge in [0.15, 0.2) is 6.10 Å². The minimum Gasteiger partial charge on any atom is -0.436 e. The fourth-order valence-electron chi connectivity index (χ4n) is 0.794. The molecule has 0 saturated heterocycles. The Bertz CT molecular complexity index is 181. The standard InChI is InChI=1S/C7H14N2O3/c1-3-4(2)5(6(8)10)12-7(9)11/h4-5H,3H2,1-2H3,(H2,8,10)(H2,9,11)/t4-,5?/m0/s1. The van der Waals surface area contributed by atoms with E-state index in [2.05, 4.69) is 4.74 Å². The molecule has 0 aromatic rings. The van der Waals surface area contributed by atoms with Crippen LogP contribution in [-0.4, -0.2) is 18.1 Å². The summed E-state index contributed by atoms with van der Waals surface area (Å²) in [6, 6.07) is 0. The molecule has 2 amide bonds. The highest BCUT2D eigenvalue weighted by molar-refractivity contribution is 5.81. The normalized spacial score (nSPS) is 14.8. The number of nitrogens with two attached hydrogens (primary N) is 2. The summed E-state index contributed by atoms with van der Waals surface area (Å²) in [5.74, 6) is -0.766. The van der Waals surface area contributed by atoms with Gasteiger partial charge >= 0.3 is 6.09 Å². The number of carbonyl (C=O) groups is 2. The molecule has 0 aromatic carbocycles. The summed E-state index contributed by atoms with van der Waals surface area (Å²) >= 11 is 0. The van der Waals surface area contributed by atoms with Crippen LogP contribution in [0.15, 0.2) is 0 Å². The molecular weight excluding hydrogens is 160 g/mol. The van der Waals surface area contributed by atoms with Gasteiger partial charge in [-0.3, -0.25) is 4.79 Å². The van der Waals surface area contributed by atoms with Crippen LogP contribution in [0, 0.1) is 5.92 Å². The maximum atomic E-state index is 10.7. The second-order valence-electron chi connectivity index (χ2n) is 2.65. The number of hydrogen-bond acceptors (Lipinski definition) is 3. The average Bonchev–Trinajstić information content (AvgIpc) is 1.98. The first-order valence-electron chi connectivity index (χ1n) is 3.74. The van der Waals surface area contributed by atoms with Crippen molar-refractivity contribution in [1.82, 2.24) is 0 Å². The first kappa shape index (κ1) is 10.7. The molecule has 5 nitrogen and oxygen atoms in total. The van der Waals surface area contributed by atoms with Gasteiger partial charge in [0.05, 0.1) is 0 Å². The van der Waals surface area contributed by atoms with Gasteiger partial charge in [-0.05, 0) is 6.42 Å². The van der Waals surface area contributed by atoms with Crippen LogP contribution >= 0.6 is 0 Å². The second kappa shape index (κ2) is 4.58. The molecule has 2 atom stereocenters. The molecule has 70 valence electrons. The molecule has 0 radical (unpaired) electrons. The molecule has 0 aliphatic heterocycles. The first-order valence-corrected chi connectivity index (χ1v) is 3.74. The largest absolute Gasteiger partial charge is 0.436 e. The van der Waals surface area contributed by atoms with E-state index in [-0.39, 0.29) is 5.92 Å². The van der Waals surface area contributed by atoms with E-state index >= 15 is 0 Å². The summed E-state index contributed by atoms with van der Waals surface area (Å²) < 4.78 is 4.53. The van der Waals surface area contributed by atoms with Gasteiger partial charge in [0.2, 0.25) is 0 Å². The Kier molecular flexibility index (Phi) is 4.10. The van der Waals surface area contributed by atoms with Gasteiger partial charge in [-0.1, -0.05) is 13.8 Å². The lowest BCUT2D eigenvalue weighted by molar-refractivity contribution is -0.128. The maximum Gasteiger partial charge on any atom is 0.405 e. The van der Waals surface area contributed by atoms with E-state index in [9.17, 15) is 9.59 Å². The van der Waals surface area contributed by atoms with Gasteiger partial charge in [0, 0.05) is 5.92 Å². The van der Waals surface area contributed by atoms with Crippen molar-refractivity contribution in [2.24, 2.45) is 17.4 Å². The van der Waals surface area contributed by atoms with Crippen molar-refractivity contribution in [3.05, 3.63) is 0 Å². The number of primary amides is 2. The van der Waals surface area contributed by atoms with E-state index in [0.29, 0.717) is 6.42 Å². The third-order valence-electron chi connectivity index (χ3n) is 1.68. The second-order valence-corrected chi connectivity index (χ2v) is 2.65. The van der Waals surface area contributed by atoms with E-state index in [0.717, 1.165) is 0 Å². The minimum absolute atomic E-state index is 0.102. The van der Waals surface area contributed by atoms with Crippen LogP contribution in [0.2, 0.25) is 0 Å². The lowest BCUT2D eigenvalue weighted by Gasteiger charge is -2.18. The Hall–Kier alpha value is -1.26. The molecule has 0 saturated carbocycles. The first-order chi connectivity index (χ1) is 5.49. The summed E-state index contributed by atoms with van der Waals surface area (Å²) in [6.07, 6.45) is -1.19. The Morgan fingerprint density at radius 1 is 1.42 bits per heavy atom. The highest BCUT2D eigenvalue weighted by atomic mass is 16.6. The van der Waals surface area contributed by atoms with Crippen LogP contribution in [0.4, 0.5) is 4.79 Å². The molecule has 5 heteroatoms. The predicted molar refractivity (Wildman–Crippen MR) is 43.1 cm³/mol. The van der Waals surface area contributed by atoms with Crippen molar-refractivity contribution in [1.29, 1.82) is 0 Å². The van der Waals surface area contributed by atoms with Crippen LogP contribution in [0.1, 0.15) is 20.3 Å².